The number of ether oxygens (including phenoxy) is 1. The maximum Gasteiger partial charge on any atom is 0.261 e. The first-order valence-electron chi connectivity index (χ1n) is 10.0. The molecule has 0 fully saturated rings. The summed E-state index contributed by atoms with van der Waals surface area (Å²) in [7, 11) is 0. The Balaban J connectivity index is 1.55. The van der Waals surface area contributed by atoms with Crippen LogP contribution in [0.1, 0.15) is 23.7 Å². The zero-order valence-corrected chi connectivity index (χ0v) is 18.3. The monoisotopic (exact) mass is 434 g/mol. The second-order valence-electron chi connectivity index (χ2n) is 7.38. The van der Waals surface area contributed by atoms with Crippen molar-refractivity contribution in [3.63, 3.8) is 0 Å². The number of halogens is 1. The Kier molecular flexibility index (Phi) is 5.91. The van der Waals surface area contributed by atoms with E-state index in [9.17, 15) is 4.79 Å². The van der Waals surface area contributed by atoms with E-state index in [-0.39, 0.29) is 5.91 Å². The van der Waals surface area contributed by atoms with Gasteiger partial charge in [-0.15, -0.1) is 0 Å². The zero-order chi connectivity index (χ0) is 22.0. The Hall–Kier alpha value is -3.38. The molecule has 0 spiro atoms. The third kappa shape index (κ3) is 4.39. The Morgan fingerprint density at radius 3 is 2.58 bits per heavy atom. The van der Waals surface area contributed by atoms with Crippen LogP contribution >= 0.6 is 11.6 Å². The molecule has 0 bridgehead atoms. The molecule has 0 unspecified atom stereocenters. The molecular weight excluding hydrogens is 412 g/mol. The molecule has 2 aromatic carbocycles. The normalized spacial score (nSPS) is 12.0. The summed E-state index contributed by atoms with van der Waals surface area (Å²) >= 11 is 6.16. The van der Waals surface area contributed by atoms with E-state index >= 15 is 0 Å². The van der Waals surface area contributed by atoms with Crippen LogP contribution in [-0.4, -0.2) is 26.8 Å². The summed E-state index contributed by atoms with van der Waals surface area (Å²) in [6, 6.07) is 19.1. The quantitative estimate of drug-likeness (QED) is 0.474. The van der Waals surface area contributed by atoms with Gasteiger partial charge in [0.1, 0.15) is 0 Å². The molecule has 2 heterocycles. The van der Waals surface area contributed by atoms with Crippen LogP contribution < -0.4 is 10.1 Å². The van der Waals surface area contributed by atoms with Gasteiger partial charge in [-0.2, -0.15) is 10.1 Å². The highest BCUT2D eigenvalue weighted by molar-refractivity contribution is 6.31. The van der Waals surface area contributed by atoms with E-state index in [0.717, 1.165) is 27.9 Å². The fourth-order valence-corrected chi connectivity index (χ4v) is 3.69. The van der Waals surface area contributed by atoms with Gasteiger partial charge < -0.3 is 10.1 Å². The number of amides is 1. The number of carbonyl (C=O) groups excluding carboxylic acids is 1. The number of aryl methyl sites for hydroxylation is 2. The summed E-state index contributed by atoms with van der Waals surface area (Å²) in [4.78, 5) is 17.2. The van der Waals surface area contributed by atoms with Gasteiger partial charge >= 0.3 is 0 Å². The summed E-state index contributed by atoms with van der Waals surface area (Å²) in [6.45, 7) is 5.98. The predicted octanol–water partition coefficient (Wildman–Crippen LogP) is 4.77. The Bertz CT molecular complexity index is 1240. The third-order valence-electron chi connectivity index (χ3n) is 5.06. The van der Waals surface area contributed by atoms with Crippen LogP contribution in [0, 0.1) is 13.8 Å². The summed E-state index contributed by atoms with van der Waals surface area (Å²) in [5.74, 6) is 0.134. The molecule has 6 nitrogen and oxygen atoms in total. The van der Waals surface area contributed by atoms with Crippen LogP contribution in [0.2, 0.25) is 5.02 Å². The lowest BCUT2D eigenvalue weighted by atomic mass is 10.1. The fourth-order valence-electron chi connectivity index (χ4n) is 3.49. The molecule has 0 aliphatic carbocycles. The average molecular weight is 435 g/mol. The minimum absolute atomic E-state index is 0.243. The number of benzene rings is 2. The highest BCUT2D eigenvalue weighted by atomic mass is 35.5. The Labute approximate surface area is 185 Å². The van der Waals surface area contributed by atoms with Gasteiger partial charge in [-0.25, -0.2) is 4.68 Å². The lowest BCUT2D eigenvalue weighted by Crippen LogP contribution is -2.36. The smallest absolute Gasteiger partial charge is 0.261 e. The van der Waals surface area contributed by atoms with Gasteiger partial charge in [-0.05, 0) is 50.1 Å². The van der Waals surface area contributed by atoms with Crippen LogP contribution in [0.5, 0.6) is 5.88 Å². The Morgan fingerprint density at radius 1 is 1.13 bits per heavy atom. The molecule has 0 saturated heterocycles. The second kappa shape index (κ2) is 8.78. The lowest BCUT2D eigenvalue weighted by molar-refractivity contribution is -0.127. The lowest BCUT2D eigenvalue weighted by Gasteiger charge is -2.15. The van der Waals surface area contributed by atoms with E-state index in [2.05, 4.69) is 15.4 Å². The highest BCUT2D eigenvalue weighted by Gasteiger charge is 2.19. The van der Waals surface area contributed by atoms with Gasteiger partial charge in [0.05, 0.1) is 11.4 Å². The summed E-state index contributed by atoms with van der Waals surface area (Å²) < 4.78 is 7.68. The molecule has 31 heavy (non-hydrogen) atoms. The first-order valence-corrected chi connectivity index (χ1v) is 10.4. The van der Waals surface area contributed by atoms with Gasteiger partial charge in [0, 0.05) is 23.0 Å². The molecular formula is C24H23ClN4O2. The summed E-state index contributed by atoms with van der Waals surface area (Å²) in [5.41, 5.74) is 4.34. The van der Waals surface area contributed by atoms with Crippen molar-refractivity contribution >= 4 is 28.5 Å². The number of aromatic nitrogens is 3. The molecule has 7 heteroatoms. The van der Waals surface area contributed by atoms with E-state index in [4.69, 9.17) is 16.3 Å². The Morgan fingerprint density at radius 2 is 1.84 bits per heavy atom. The molecule has 1 N–H and O–H groups in total. The number of para-hydroxylation sites is 1. The molecule has 4 rings (SSSR count). The molecule has 4 aromatic rings. The van der Waals surface area contributed by atoms with Gasteiger partial charge in [-0.1, -0.05) is 48.0 Å². The minimum atomic E-state index is -0.721. The van der Waals surface area contributed by atoms with Crippen molar-refractivity contribution in [2.45, 2.75) is 33.4 Å². The van der Waals surface area contributed by atoms with Crippen molar-refractivity contribution < 1.29 is 9.53 Å². The fraction of sp³-hybridized carbons (Fsp3) is 0.208. The van der Waals surface area contributed by atoms with E-state index in [1.807, 2.05) is 68.4 Å². The first-order chi connectivity index (χ1) is 14.9. The number of hydrogen-bond donors (Lipinski definition) is 1. The van der Waals surface area contributed by atoms with Crippen LogP contribution in [0.3, 0.4) is 0 Å². The highest BCUT2D eigenvalue weighted by Crippen LogP contribution is 2.27. The second-order valence-corrected chi connectivity index (χ2v) is 7.79. The van der Waals surface area contributed by atoms with Gasteiger partial charge in [-0.3, -0.25) is 4.79 Å². The molecule has 1 amide bonds. The van der Waals surface area contributed by atoms with Gasteiger partial charge in [0.25, 0.3) is 5.91 Å². The molecule has 0 radical (unpaired) electrons. The van der Waals surface area contributed by atoms with Crippen LogP contribution in [0.4, 0.5) is 0 Å². The number of hydrogen-bond acceptors (Lipinski definition) is 4. The maximum absolute atomic E-state index is 12.5. The maximum atomic E-state index is 12.5. The SMILES string of the molecule is Cc1cc(O[C@@H](C)C(=O)NCc2ccccc2Cl)nc2c1c(C)nn2-c1ccccc1. The largest absolute Gasteiger partial charge is 0.464 e. The summed E-state index contributed by atoms with van der Waals surface area (Å²) in [5, 5.41) is 9.11. The van der Waals surface area contributed by atoms with Crippen LogP contribution in [0.15, 0.2) is 60.7 Å². The number of nitrogens with zero attached hydrogens (tertiary/aromatic N) is 3. The van der Waals surface area contributed by atoms with Crippen LogP contribution in [-0.2, 0) is 11.3 Å². The van der Waals surface area contributed by atoms with Crippen molar-refractivity contribution in [3.8, 4) is 11.6 Å². The van der Waals surface area contributed by atoms with Gasteiger partial charge in [0.2, 0.25) is 5.88 Å². The average Bonchev–Trinajstić information content (AvgIpc) is 3.10. The van der Waals surface area contributed by atoms with E-state index < -0.39 is 6.10 Å². The molecule has 2 aromatic heterocycles. The van der Waals surface area contributed by atoms with Crippen molar-refractivity contribution in [1.82, 2.24) is 20.1 Å². The summed E-state index contributed by atoms with van der Waals surface area (Å²) in [6.07, 6.45) is -0.721. The standard InChI is InChI=1S/C24H23ClN4O2/c1-15-13-21(31-17(3)24(30)26-14-18-9-7-8-12-20(18)25)27-23-22(15)16(2)28-29(23)19-10-5-4-6-11-19/h4-13,17H,14H2,1-3H3,(H,26,30)/t17-/m0/s1. The number of carbonyl (C=O) groups is 1. The first kappa shape index (κ1) is 20.9. The van der Waals surface area contributed by atoms with Gasteiger partial charge in [0.15, 0.2) is 11.8 Å². The van der Waals surface area contributed by atoms with E-state index in [1.165, 1.54) is 0 Å². The third-order valence-corrected chi connectivity index (χ3v) is 5.43. The predicted molar refractivity (Wildman–Crippen MR) is 122 cm³/mol. The molecule has 0 saturated carbocycles. The number of rotatable bonds is 6. The van der Waals surface area contributed by atoms with Crippen molar-refractivity contribution in [1.29, 1.82) is 0 Å². The van der Waals surface area contributed by atoms with Crippen LogP contribution in [0.25, 0.3) is 16.7 Å². The molecule has 0 aliphatic rings. The van der Waals surface area contributed by atoms with E-state index in [1.54, 1.807) is 17.7 Å². The number of pyridine rings is 1. The zero-order valence-electron chi connectivity index (χ0n) is 17.6. The van der Waals surface area contributed by atoms with Crippen molar-refractivity contribution in [2.75, 3.05) is 0 Å². The molecule has 0 aliphatic heterocycles. The number of nitrogens with one attached hydrogen (secondary N) is 1. The van der Waals surface area contributed by atoms with Crippen molar-refractivity contribution in [3.05, 3.63) is 82.5 Å². The molecule has 1 atom stereocenters. The minimum Gasteiger partial charge on any atom is -0.464 e. The topological polar surface area (TPSA) is 69.0 Å². The number of fused-ring (bicyclic) bond motifs is 1. The molecule has 158 valence electrons. The van der Waals surface area contributed by atoms with E-state index in [0.29, 0.717) is 23.1 Å². The van der Waals surface area contributed by atoms with Crippen molar-refractivity contribution in [2.24, 2.45) is 0 Å².